The van der Waals surface area contributed by atoms with Crippen LogP contribution in [0.15, 0.2) is 10.9 Å². The third-order valence-corrected chi connectivity index (χ3v) is 3.02. The lowest BCUT2D eigenvalue weighted by Crippen LogP contribution is -2.27. The summed E-state index contributed by atoms with van der Waals surface area (Å²) in [5.41, 5.74) is 0.237. The molecule has 20 heavy (non-hydrogen) atoms. The highest BCUT2D eigenvalue weighted by molar-refractivity contribution is 5.96. The van der Waals surface area contributed by atoms with Gasteiger partial charge >= 0.3 is 0 Å². The molecule has 1 aromatic rings. The molecule has 1 aliphatic heterocycles. The second-order valence-electron chi connectivity index (χ2n) is 4.11. The number of aldehydes is 1. The van der Waals surface area contributed by atoms with Crippen molar-refractivity contribution in [3.05, 3.63) is 33.2 Å². The van der Waals surface area contributed by atoms with Crippen molar-refractivity contribution in [1.29, 1.82) is 0 Å². The van der Waals surface area contributed by atoms with Crippen molar-refractivity contribution in [3.8, 4) is 0 Å². The minimum Gasteiger partial charge on any atom is -0.381 e. The van der Waals surface area contributed by atoms with Crippen molar-refractivity contribution in [2.75, 3.05) is 7.11 Å². The Morgan fingerprint density at radius 1 is 1.45 bits per heavy atom. The number of pyridine rings is 1. The van der Waals surface area contributed by atoms with Crippen LogP contribution in [0.4, 0.5) is 0 Å². The van der Waals surface area contributed by atoms with Crippen LogP contribution in [-0.2, 0) is 22.7 Å². The van der Waals surface area contributed by atoms with E-state index in [9.17, 15) is 19.5 Å². The van der Waals surface area contributed by atoms with Gasteiger partial charge in [-0.2, -0.15) is 0 Å². The number of aliphatic hydroxyl groups is 1. The molecule has 0 bridgehead atoms. The zero-order chi connectivity index (χ0) is 15.3. The number of carbonyl (C=O) groups is 2. The fraction of sp³-hybridized carbons (Fsp3) is 0.500. The Kier molecular flexibility index (Phi) is 5.79. The van der Waals surface area contributed by atoms with Gasteiger partial charge in [0.05, 0.1) is 12.3 Å². The molecule has 0 fully saturated rings. The number of carbonyl (C=O) groups excluding carboxylic acids is 2. The van der Waals surface area contributed by atoms with Gasteiger partial charge in [-0.1, -0.05) is 13.8 Å². The van der Waals surface area contributed by atoms with Crippen molar-refractivity contribution >= 4 is 12.1 Å². The smallest absolute Gasteiger partial charge is 0.257 e. The molecular formula is C14H19NO5. The largest absolute Gasteiger partial charge is 0.381 e. The van der Waals surface area contributed by atoms with Crippen LogP contribution in [0.3, 0.4) is 0 Å². The number of methoxy groups -OCH3 is 1. The summed E-state index contributed by atoms with van der Waals surface area (Å²) >= 11 is 0. The molecular weight excluding hydrogens is 262 g/mol. The van der Waals surface area contributed by atoms with Gasteiger partial charge in [-0.05, 0) is 6.07 Å². The molecule has 0 aliphatic carbocycles. The summed E-state index contributed by atoms with van der Waals surface area (Å²) in [6.45, 7) is 4.33. The molecule has 6 nitrogen and oxygen atoms in total. The fourth-order valence-corrected chi connectivity index (χ4v) is 2.13. The van der Waals surface area contributed by atoms with Gasteiger partial charge in [0.1, 0.15) is 6.10 Å². The minimum atomic E-state index is -1.41. The van der Waals surface area contributed by atoms with E-state index in [0.29, 0.717) is 12.8 Å². The Bertz CT molecular complexity index is 561. The maximum absolute atomic E-state index is 12.1. The lowest BCUT2D eigenvalue weighted by atomic mass is 10.0. The Morgan fingerprint density at radius 3 is 2.65 bits per heavy atom. The standard InChI is InChI=1S/C12H13NO5.C2H6/c1-18-6-8-7(11(16)5-14)4-9-10(15)2-3-13(9)12(8)17;1-2/h4-5,11,16H,2-3,6H2,1H3;1-2H3. The number of hydrogen-bond acceptors (Lipinski definition) is 5. The molecule has 0 aromatic carbocycles. The number of ketones is 1. The normalized spacial score (nSPS) is 14.3. The van der Waals surface area contributed by atoms with E-state index in [2.05, 4.69) is 0 Å². The molecule has 6 heteroatoms. The van der Waals surface area contributed by atoms with Crippen LogP contribution in [0.1, 0.15) is 48.0 Å². The summed E-state index contributed by atoms with van der Waals surface area (Å²) < 4.78 is 6.26. The van der Waals surface area contributed by atoms with E-state index in [1.165, 1.54) is 17.7 Å². The van der Waals surface area contributed by atoms with Crippen molar-refractivity contribution in [2.45, 2.75) is 39.5 Å². The molecule has 0 saturated heterocycles. The van der Waals surface area contributed by atoms with Gasteiger partial charge in [0, 0.05) is 31.2 Å². The molecule has 2 heterocycles. The van der Waals surface area contributed by atoms with Crippen molar-refractivity contribution in [3.63, 3.8) is 0 Å². The quantitative estimate of drug-likeness (QED) is 0.826. The number of nitrogens with zero attached hydrogens (tertiary/aromatic N) is 1. The number of hydrogen-bond donors (Lipinski definition) is 1. The summed E-state index contributed by atoms with van der Waals surface area (Å²) in [6.07, 6.45) is -0.825. The average molecular weight is 281 g/mol. The third kappa shape index (κ3) is 2.86. The average Bonchev–Trinajstić information content (AvgIpc) is 2.85. The molecule has 1 N–H and O–H groups in total. The fourth-order valence-electron chi connectivity index (χ4n) is 2.13. The van der Waals surface area contributed by atoms with Gasteiger partial charge < -0.3 is 19.2 Å². The van der Waals surface area contributed by atoms with Crippen LogP contribution in [-0.4, -0.2) is 28.9 Å². The number of rotatable bonds is 4. The first-order valence-electron chi connectivity index (χ1n) is 6.52. The number of aliphatic hydroxyl groups excluding tert-OH is 1. The van der Waals surface area contributed by atoms with E-state index < -0.39 is 6.10 Å². The SMILES string of the molecule is CC.COCc1c(C(O)C=O)cc2n(c1=O)CCC2=O. The Balaban J connectivity index is 0.000000956. The van der Waals surface area contributed by atoms with Crippen LogP contribution in [0.2, 0.25) is 0 Å². The second-order valence-corrected chi connectivity index (χ2v) is 4.11. The second kappa shape index (κ2) is 7.12. The zero-order valence-corrected chi connectivity index (χ0v) is 11.9. The number of Topliss-reactive ketones (excluding diaryl/α,β-unsaturated/α-hetero) is 1. The van der Waals surface area contributed by atoms with Gasteiger partial charge in [0.25, 0.3) is 5.56 Å². The first-order chi connectivity index (χ1) is 9.60. The van der Waals surface area contributed by atoms with E-state index >= 15 is 0 Å². The van der Waals surface area contributed by atoms with Gasteiger partial charge in [-0.25, -0.2) is 0 Å². The Hall–Kier alpha value is -1.79. The highest BCUT2D eigenvalue weighted by Gasteiger charge is 2.26. The van der Waals surface area contributed by atoms with Crippen LogP contribution in [0, 0.1) is 0 Å². The van der Waals surface area contributed by atoms with Crippen LogP contribution < -0.4 is 5.56 Å². The monoisotopic (exact) mass is 281 g/mol. The van der Waals surface area contributed by atoms with Crippen molar-refractivity contribution in [1.82, 2.24) is 4.57 Å². The number of ether oxygens (including phenoxy) is 1. The maximum atomic E-state index is 12.1. The highest BCUT2D eigenvalue weighted by Crippen LogP contribution is 2.20. The lowest BCUT2D eigenvalue weighted by Gasteiger charge is -2.13. The molecule has 1 aliphatic rings. The summed E-state index contributed by atoms with van der Waals surface area (Å²) in [7, 11) is 1.42. The predicted octanol–water partition coefficient (Wildman–Crippen LogP) is 0.840. The van der Waals surface area contributed by atoms with Crippen LogP contribution in [0.25, 0.3) is 0 Å². The topological polar surface area (TPSA) is 85.6 Å². The zero-order valence-electron chi connectivity index (χ0n) is 11.9. The van der Waals surface area contributed by atoms with Gasteiger partial charge in [0.15, 0.2) is 12.1 Å². The summed E-state index contributed by atoms with van der Waals surface area (Å²) in [4.78, 5) is 34.4. The maximum Gasteiger partial charge on any atom is 0.257 e. The van der Waals surface area contributed by atoms with Crippen LogP contribution in [0.5, 0.6) is 0 Å². The van der Waals surface area contributed by atoms with E-state index in [4.69, 9.17) is 4.74 Å². The molecule has 0 spiro atoms. The van der Waals surface area contributed by atoms with E-state index in [1.54, 1.807) is 0 Å². The molecule has 0 amide bonds. The number of fused-ring (bicyclic) bond motifs is 1. The molecule has 2 rings (SSSR count). The van der Waals surface area contributed by atoms with Crippen LogP contribution >= 0.6 is 0 Å². The minimum absolute atomic E-state index is 0.00641. The Labute approximate surface area is 117 Å². The Morgan fingerprint density at radius 2 is 2.10 bits per heavy atom. The van der Waals surface area contributed by atoms with E-state index in [0.717, 1.165) is 0 Å². The summed E-state index contributed by atoms with van der Waals surface area (Å²) in [5.74, 6) is -0.157. The summed E-state index contributed by atoms with van der Waals surface area (Å²) in [5, 5.41) is 9.60. The first-order valence-corrected chi connectivity index (χ1v) is 6.52. The molecule has 1 unspecified atom stereocenters. The van der Waals surface area contributed by atoms with Crippen molar-refractivity contribution in [2.24, 2.45) is 0 Å². The molecule has 110 valence electrons. The number of aromatic nitrogens is 1. The summed E-state index contributed by atoms with van der Waals surface area (Å²) in [6, 6.07) is 1.41. The predicted molar refractivity (Wildman–Crippen MR) is 72.7 cm³/mol. The molecule has 0 radical (unpaired) electrons. The van der Waals surface area contributed by atoms with Crippen molar-refractivity contribution < 1.29 is 19.4 Å². The molecule has 1 aromatic heterocycles. The van der Waals surface area contributed by atoms with E-state index in [-0.39, 0.29) is 41.2 Å². The van der Waals surface area contributed by atoms with Gasteiger partial charge in [-0.3, -0.25) is 9.59 Å². The molecule has 1 atom stereocenters. The first kappa shape index (κ1) is 16.3. The third-order valence-electron chi connectivity index (χ3n) is 3.02. The lowest BCUT2D eigenvalue weighted by molar-refractivity contribution is -0.115. The van der Waals surface area contributed by atoms with Gasteiger partial charge in [-0.15, -0.1) is 0 Å². The molecule has 0 saturated carbocycles. The highest BCUT2D eigenvalue weighted by atomic mass is 16.5. The van der Waals surface area contributed by atoms with E-state index in [1.807, 2.05) is 13.8 Å². The van der Waals surface area contributed by atoms with Gasteiger partial charge in [0.2, 0.25) is 0 Å².